The van der Waals surface area contributed by atoms with Crippen molar-refractivity contribution in [2.75, 3.05) is 46.1 Å². The molecule has 3 N–H and O–H groups in total. The summed E-state index contributed by atoms with van der Waals surface area (Å²) in [5, 5.41) is 6.53. The first kappa shape index (κ1) is 19.2. The normalized spacial score (nSPS) is 17.6. The Kier molecular flexibility index (Phi) is 6.34. The third kappa shape index (κ3) is 5.01. The number of hydrogen-bond acceptors (Lipinski definition) is 5. The number of benzene rings is 1. The summed E-state index contributed by atoms with van der Waals surface area (Å²) in [6.45, 7) is 3.87. The van der Waals surface area contributed by atoms with Gasteiger partial charge in [-0.15, -0.1) is 0 Å². The van der Waals surface area contributed by atoms with Crippen LogP contribution < -0.4 is 10.5 Å². The minimum absolute atomic E-state index is 0.0645. The molecule has 2 heterocycles. The van der Waals surface area contributed by atoms with Crippen molar-refractivity contribution in [3.05, 3.63) is 41.6 Å². The Morgan fingerprint density at radius 2 is 2.26 bits per heavy atom. The van der Waals surface area contributed by atoms with Crippen LogP contribution in [0.4, 0.5) is 5.82 Å². The SMILES string of the molecule is COc1ccccc1CCN1CCCC(CN(C)C(=O)c2cc(N)n[nH]2)C1. The van der Waals surface area contributed by atoms with Crippen LogP contribution >= 0.6 is 0 Å². The number of piperidine rings is 1. The molecule has 1 aliphatic rings. The van der Waals surface area contributed by atoms with E-state index in [1.807, 2.05) is 19.2 Å². The molecule has 7 nitrogen and oxygen atoms in total. The largest absolute Gasteiger partial charge is 0.496 e. The van der Waals surface area contributed by atoms with Crippen LogP contribution in [0.15, 0.2) is 30.3 Å². The summed E-state index contributed by atoms with van der Waals surface area (Å²) in [4.78, 5) is 16.7. The zero-order chi connectivity index (χ0) is 19.2. The summed E-state index contributed by atoms with van der Waals surface area (Å²) in [6.07, 6.45) is 3.28. The van der Waals surface area contributed by atoms with Gasteiger partial charge in [-0.2, -0.15) is 5.10 Å². The Balaban J connectivity index is 1.51. The molecule has 1 saturated heterocycles. The average molecular weight is 371 g/mol. The predicted octanol–water partition coefficient (Wildman–Crippen LogP) is 2.03. The number of carbonyl (C=O) groups excluding carboxylic acids is 1. The van der Waals surface area contributed by atoms with Crippen LogP contribution in [0.3, 0.4) is 0 Å². The zero-order valence-electron chi connectivity index (χ0n) is 16.1. The number of carbonyl (C=O) groups is 1. The molecule has 0 radical (unpaired) electrons. The van der Waals surface area contributed by atoms with Crippen LogP contribution in [0, 0.1) is 5.92 Å². The summed E-state index contributed by atoms with van der Waals surface area (Å²) >= 11 is 0. The first-order valence-corrected chi connectivity index (χ1v) is 9.47. The Morgan fingerprint density at radius 1 is 1.44 bits per heavy atom. The number of methoxy groups -OCH3 is 1. The number of anilines is 1. The number of amides is 1. The summed E-state index contributed by atoms with van der Waals surface area (Å²) in [5.41, 5.74) is 7.28. The van der Waals surface area contributed by atoms with Gasteiger partial charge in [0.15, 0.2) is 0 Å². The lowest BCUT2D eigenvalue weighted by Crippen LogP contribution is -2.42. The number of H-pyrrole nitrogens is 1. The third-order valence-electron chi connectivity index (χ3n) is 5.20. The van der Waals surface area contributed by atoms with Crippen molar-refractivity contribution in [1.82, 2.24) is 20.0 Å². The second-order valence-electron chi connectivity index (χ2n) is 7.26. The highest BCUT2D eigenvalue weighted by atomic mass is 16.5. The van der Waals surface area contributed by atoms with Crippen LogP contribution in [0.5, 0.6) is 5.75 Å². The number of ether oxygens (including phenoxy) is 1. The monoisotopic (exact) mass is 371 g/mol. The van der Waals surface area contributed by atoms with Crippen LogP contribution in [0.2, 0.25) is 0 Å². The molecule has 1 aromatic carbocycles. The average Bonchev–Trinajstić information content (AvgIpc) is 3.12. The number of nitrogen functional groups attached to an aromatic ring is 1. The first-order chi connectivity index (χ1) is 13.1. The Morgan fingerprint density at radius 3 is 3.00 bits per heavy atom. The summed E-state index contributed by atoms with van der Waals surface area (Å²) in [5.74, 6) is 1.71. The van der Waals surface area contributed by atoms with Crippen molar-refractivity contribution >= 4 is 11.7 Å². The Bertz CT molecular complexity index is 760. The molecule has 0 aliphatic carbocycles. The predicted molar refractivity (Wildman–Crippen MR) is 106 cm³/mol. The minimum Gasteiger partial charge on any atom is -0.496 e. The fourth-order valence-corrected chi connectivity index (χ4v) is 3.81. The minimum atomic E-state index is -0.0645. The highest BCUT2D eigenvalue weighted by Gasteiger charge is 2.24. The van der Waals surface area contributed by atoms with E-state index >= 15 is 0 Å². The number of hydrogen-bond donors (Lipinski definition) is 2. The van der Waals surface area contributed by atoms with E-state index in [9.17, 15) is 4.79 Å². The number of rotatable bonds is 7. The smallest absolute Gasteiger partial charge is 0.271 e. The highest BCUT2D eigenvalue weighted by Crippen LogP contribution is 2.21. The molecule has 0 bridgehead atoms. The van der Waals surface area contributed by atoms with Crippen molar-refractivity contribution in [1.29, 1.82) is 0 Å². The van der Waals surface area contributed by atoms with Crippen molar-refractivity contribution in [3.63, 3.8) is 0 Å². The van der Waals surface area contributed by atoms with Gasteiger partial charge >= 0.3 is 0 Å². The van der Waals surface area contributed by atoms with E-state index in [0.717, 1.165) is 51.2 Å². The number of nitrogens with two attached hydrogens (primary N) is 1. The van der Waals surface area contributed by atoms with Crippen LogP contribution in [0.25, 0.3) is 0 Å². The quantitative estimate of drug-likeness (QED) is 0.778. The van der Waals surface area contributed by atoms with Gasteiger partial charge in [0.05, 0.1) is 7.11 Å². The molecule has 1 unspecified atom stereocenters. The molecule has 146 valence electrons. The van der Waals surface area contributed by atoms with Gasteiger partial charge in [0.25, 0.3) is 5.91 Å². The molecule has 2 aromatic rings. The van der Waals surface area contributed by atoms with Gasteiger partial charge in [0, 0.05) is 32.7 Å². The topological polar surface area (TPSA) is 87.5 Å². The molecule has 0 saturated carbocycles. The van der Waals surface area contributed by atoms with E-state index in [0.29, 0.717) is 17.4 Å². The van der Waals surface area contributed by atoms with Gasteiger partial charge in [-0.1, -0.05) is 18.2 Å². The fraction of sp³-hybridized carbons (Fsp3) is 0.500. The lowest BCUT2D eigenvalue weighted by atomic mass is 9.97. The molecule has 27 heavy (non-hydrogen) atoms. The van der Waals surface area contributed by atoms with Gasteiger partial charge in [0.2, 0.25) is 0 Å². The van der Waals surface area contributed by atoms with E-state index in [-0.39, 0.29) is 5.91 Å². The number of aromatic nitrogens is 2. The molecule has 1 atom stereocenters. The Labute approximate surface area is 160 Å². The fourth-order valence-electron chi connectivity index (χ4n) is 3.81. The molecular formula is C20H29N5O2. The number of likely N-dealkylation sites (tertiary alicyclic amines) is 1. The maximum atomic E-state index is 12.5. The zero-order valence-corrected chi connectivity index (χ0v) is 16.1. The van der Waals surface area contributed by atoms with Crippen molar-refractivity contribution in [3.8, 4) is 5.75 Å². The molecule has 0 spiro atoms. The third-order valence-corrected chi connectivity index (χ3v) is 5.20. The number of para-hydroxylation sites is 1. The van der Waals surface area contributed by atoms with Crippen LogP contribution in [-0.4, -0.2) is 66.2 Å². The Hall–Kier alpha value is -2.54. The van der Waals surface area contributed by atoms with E-state index in [2.05, 4.69) is 27.2 Å². The number of nitrogens with one attached hydrogen (secondary N) is 1. The molecule has 7 heteroatoms. The summed E-state index contributed by atoms with van der Waals surface area (Å²) in [6, 6.07) is 9.78. The van der Waals surface area contributed by atoms with Gasteiger partial charge in [-0.25, -0.2) is 0 Å². The molecular weight excluding hydrogens is 342 g/mol. The van der Waals surface area contributed by atoms with E-state index in [4.69, 9.17) is 10.5 Å². The number of aromatic amines is 1. The maximum absolute atomic E-state index is 12.5. The lowest BCUT2D eigenvalue weighted by molar-refractivity contribution is 0.0724. The first-order valence-electron chi connectivity index (χ1n) is 9.47. The molecule has 1 aliphatic heterocycles. The molecule has 1 aromatic heterocycles. The number of nitrogens with zero attached hydrogens (tertiary/aromatic N) is 3. The lowest BCUT2D eigenvalue weighted by Gasteiger charge is -2.34. The summed E-state index contributed by atoms with van der Waals surface area (Å²) in [7, 11) is 3.56. The molecule has 1 amide bonds. The van der Waals surface area contributed by atoms with Crippen LogP contribution in [-0.2, 0) is 6.42 Å². The van der Waals surface area contributed by atoms with Crippen molar-refractivity contribution in [2.45, 2.75) is 19.3 Å². The van der Waals surface area contributed by atoms with Gasteiger partial charge in [-0.3, -0.25) is 9.89 Å². The standard InChI is InChI=1S/C20H29N5O2/c1-24(20(26)17-12-19(21)23-22-17)13-15-6-5-10-25(14-15)11-9-16-7-3-4-8-18(16)27-2/h3-4,7-8,12,15H,5-6,9-11,13-14H2,1-2H3,(H3,21,22,23). The maximum Gasteiger partial charge on any atom is 0.271 e. The highest BCUT2D eigenvalue weighted by molar-refractivity contribution is 5.92. The van der Waals surface area contributed by atoms with E-state index < -0.39 is 0 Å². The van der Waals surface area contributed by atoms with E-state index in [1.165, 1.54) is 5.56 Å². The van der Waals surface area contributed by atoms with Crippen molar-refractivity contribution < 1.29 is 9.53 Å². The van der Waals surface area contributed by atoms with Gasteiger partial charge in [0.1, 0.15) is 17.3 Å². The second-order valence-corrected chi connectivity index (χ2v) is 7.26. The molecule has 3 rings (SSSR count). The molecule has 1 fully saturated rings. The van der Waals surface area contributed by atoms with E-state index in [1.54, 1.807) is 18.1 Å². The van der Waals surface area contributed by atoms with Crippen molar-refractivity contribution in [2.24, 2.45) is 5.92 Å². The summed E-state index contributed by atoms with van der Waals surface area (Å²) < 4.78 is 5.45. The van der Waals surface area contributed by atoms with Gasteiger partial charge in [-0.05, 0) is 43.4 Å². The second kappa shape index (κ2) is 8.90. The van der Waals surface area contributed by atoms with Gasteiger partial charge < -0.3 is 20.3 Å². The van der Waals surface area contributed by atoms with Crippen LogP contribution in [0.1, 0.15) is 28.9 Å².